The first-order valence-electron chi connectivity index (χ1n) is 11.4. The van der Waals surface area contributed by atoms with E-state index in [2.05, 4.69) is 25.7 Å². The monoisotopic (exact) mass is 525 g/mol. The fraction of sp³-hybridized carbons (Fsp3) is 0.0714. The number of ether oxygens (including phenoxy) is 1. The largest absolute Gasteiger partial charge is 0.496 e. The van der Waals surface area contributed by atoms with Crippen molar-refractivity contribution in [3.63, 3.8) is 0 Å². The molecule has 2 heterocycles. The summed E-state index contributed by atoms with van der Waals surface area (Å²) in [6.07, 6.45) is 4.24. The summed E-state index contributed by atoms with van der Waals surface area (Å²) in [5.41, 5.74) is 2.94. The van der Waals surface area contributed by atoms with E-state index in [1.807, 2.05) is 0 Å². The summed E-state index contributed by atoms with van der Waals surface area (Å²) in [7, 11) is -2.41. The number of fused-ring (bicyclic) bond motifs is 1. The van der Waals surface area contributed by atoms with Crippen molar-refractivity contribution in [2.24, 2.45) is 0 Å². The van der Waals surface area contributed by atoms with Gasteiger partial charge in [-0.05, 0) is 65.9 Å². The van der Waals surface area contributed by atoms with E-state index in [1.54, 1.807) is 49.5 Å². The molecule has 0 unspecified atom stereocenters. The number of methoxy groups -OCH3 is 1. The number of anilines is 1. The lowest BCUT2D eigenvalue weighted by molar-refractivity contribution is 0.416. The second-order valence-electron chi connectivity index (χ2n) is 8.42. The van der Waals surface area contributed by atoms with Gasteiger partial charge in [-0.2, -0.15) is 5.26 Å². The van der Waals surface area contributed by atoms with Gasteiger partial charge in [0, 0.05) is 28.9 Å². The molecule has 0 amide bonds. The van der Waals surface area contributed by atoms with E-state index < -0.39 is 10.0 Å². The van der Waals surface area contributed by atoms with Crippen molar-refractivity contribution in [1.29, 1.82) is 5.26 Å². The number of benzene rings is 3. The number of nitriles is 1. The number of nitrogens with zero attached hydrogens (tertiary/aromatic N) is 4. The Morgan fingerprint density at radius 1 is 0.974 bits per heavy atom. The van der Waals surface area contributed by atoms with Crippen LogP contribution in [0.3, 0.4) is 0 Å². The standard InChI is InChI=1S/C28H20FN5O3S/c1-17-3-4-18(13-25(17)29)23-14-26(37-2)24(12-20(23)15-30)28-22-6-5-21(11-19(22)7-10-32-28)38(35,36)34-27-8-9-31-16-33-27/h3-14,16H,1-2H3,(H,31,33,34). The number of aromatic nitrogens is 3. The van der Waals surface area contributed by atoms with Crippen LogP contribution < -0.4 is 9.46 Å². The number of sulfonamides is 1. The third kappa shape index (κ3) is 4.63. The van der Waals surface area contributed by atoms with E-state index in [4.69, 9.17) is 4.74 Å². The Morgan fingerprint density at radius 3 is 2.53 bits per heavy atom. The van der Waals surface area contributed by atoms with Crippen molar-refractivity contribution in [3.05, 3.63) is 96.3 Å². The van der Waals surface area contributed by atoms with Crippen LogP contribution in [0, 0.1) is 24.1 Å². The predicted molar refractivity (Wildman–Crippen MR) is 141 cm³/mol. The molecule has 2 aromatic heterocycles. The SMILES string of the molecule is COc1cc(-c2ccc(C)c(F)c2)c(C#N)cc1-c1nccc2cc(S(=O)(=O)Nc3ccncn3)ccc12. The molecular weight excluding hydrogens is 505 g/mol. The van der Waals surface area contributed by atoms with Crippen molar-refractivity contribution in [3.8, 4) is 34.2 Å². The van der Waals surface area contributed by atoms with Crippen LogP contribution in [0.15, 0.2) is 84.3 Å². The molecule has 0 fully saturated rings. The zero-order valence-corrected chi connectivity index (χ0v) is 21.1. The van der Waals surface area contributed by atoms with Crippen LogP contribution >= 0.6 is 0 Å². The van der Waals surface area contributed by atoms with Crippen LogP contribution in [0.25, 0.3) is 33.2 Å². The van der Waals surface area contributed by atoms with Crippen molar-refractivity contribution >= 4 is 26.6 Å². The summed E-state index contributed by atoms with van der Waals surface area (Å²) in [5, 5.41) is 11.2. The molecule has 0 saturated carbocycles. The molecule has 0 aliphatic heterocycles. The average molecular weight is 526 g/mol. The fourth-order valence-corrected chi connectivity index (χ4v) is 5.15. The average Bonchev–Trinajstić information content (AvgIpc) is 2.93. The van der Waals surface area contributed by atoms with Crippen LogP contribution in [0.1, 0.15) is 11.1 Å². The molecule has 188 valence electrons. The number of hydrogen-bond donors (Lipinski definition) is 1. The van der Waals surface area contributed by atoms with Gasteiger partial charge in [-0.3, -0.25) is 9.71 Å². The Labute approximate surface area is 218 Å². The van der Waals surface area contributed by atoms with Crippen LogP contribution in [0.4, 0.5) is 10.2 Å². The highest BCUT2D eigenvalue weighted by Gasteiger charge is 2.20. The first kappa shape index (κ1) is 24.8. The topological polar surface area (TPSA) is 118 Å². The lowest BCUT2D eigenvalue weighted by Gasteiger charge is -2.15. The Morgan fingerprint density at radius 2 is 1.82 bits per heavy atom. The summed E-state index contributed by atoms with van der Waals surface area (Å²) in [5.74, 6) is 0.213. The molecule has 1 N–H and O–H groups in total. The minimum absolute atomic E-state index is 0.0437. The second-order valence-corrected chi connectivity index (χ2v) is 10.1. The van der Waals surface area contributed by atoms with E-state index in [1.165, 1.54) is 43.9 Å². The summed E-state index contributed by atoms with van der Waals surface area (Å²) >= 11 is 0. The number of rotatable bonds is 6. The van der Waals surface area contributed by atoms with Gasteiger partial charge in [-0.25, -0.2) is 22.8 Å². The number of pyridine rings is 1. The van der Waals surface area contributed by atoms with Gasteiger partial charge in [0.25, 0.3) is 10.0 Å². The van der Waals surface area contributed by atoms with Crippen molar-refractivity contribution in [2.45, 2.75) is 11.8 Å². The summed E-state index contributed by atoms with van der Waals surface area (Å²) in [4.78, 5) is 12.3. The van der Waals surface area contributed by atoms with Gasteiger partial charge in [0.05, 0.1) is 29.3 Å². The van der Waals surface area contributed by atoms with Gasteiger partial charge in [0.2, 0.25) is 0 Å². The normalized spacial score (nSPS) is 11.2. The maximum absolute atomic E-state index is 14.3. The minimum atomic E-state index is -3.91. The minimum Gasteiger partial charge on any atom is -0.496 e. The molecule has 0 spiro atoms. The molecule has 8 nitrogen and oxygen atoms in total. The van der Waals surface area contributed by atoms with Crippen LogP contribution in [-0.4, -0.2) is 30.5 Å². The van der Waals surface area contributed by atoms with Gasteiger partial charge in [-0.1, -0.05) is 18.2 Å². The lowest BCUT2D eigenvalue weighted by Crippen LogP contribution is -2.13. The van der Waals surface area contributed by atoms with Crippen molar-refractivity contribution < 1.29 is 17.5 Å². The molecule has 3 aromatic carbocycles. The molecule has 0 bridgehead atoms. The van der Waals surface area contributed by atoms with E-state index in [-0.39, 0.29) is 16.5 Å². The fourth-order valence-electron chi connectivity index (χ4n) is 4.11. The van der Waals surface area contributed by atoms with E-state index in [0.29, 0.717) is 50.0 Å². The molecule has 5 aromatic rings. The Bertz CT molecular complexity index is 1840. The van der Waals surface area contributed by atoms with Gasteiger partial charge in [-0.15, -0.1) is 0 Å². The van der Waals surface area contributed by atoms with E-state index >= 15 is 0 Å². The maximum atomic E-state index is 14.3. The molecule has 0 aliphatic rings. The van der Waals surface area contributed by atoms with E-state index in [9.17, 15) is 18.1 Å². The molecule has 0 radical (unpaired) electrons. The molecule has 0 aliphatic carbocycles. The van der Waals surface area contributed by atoms with Crippen LogP contribution in [-0.2, 0) is 10.0 Å². The van der Waals surface area contributed by atoms with Gasteiger partial charge in [0.15, 0.2) is 0 Å². The quantitative estimate of drug-likeness (QED) is 0.312. The smallest absolute Gasteiger partial charge is 0.263 e. The number of hydrogen-bond acceptors (Lipinski definition) is 7. The molecular formula is C28H20FN5O3S. The predicted octanol–water partition coefficient (Wildman–Crippen LogP) is 5.49. The van der Waals surface area contributed by atoms with Gasteiger partial charge >= 0.3 is 0 Å². The zero-order valence-electron chi connectivity index (χ0n) is 20.3. The molecule has 0 saturated heterocycles. The second kappa shape index (κ2) is 9.88. The van der Waals surface area contributed by atoms with Crippen molar-refractivity contribution in [1.82, 2.24) is 15.0 Å². The van der Waals surface area contributed by atoms with E-state index in [0.717, 1.165) is 0 Å². The number of nitrogens with one attached hydrogen (secondary N) is 1. The van der Waals surface area contributed by atoms with Crippen LogP contribution in [0.5, 0.6) is 5.75 Å². The highest BCUT2D eigenvalue weighted by molar-refractivity contribution is 7.92. The lowest BCUT2D eigenvalue weighted by atomic mass is 9.94. The van der Waals surface area contributed by atoms with Crippen LogP contribution in [0.2, 0.25) is 0 Å². The summed E-state index contributed by atoms with van der Waals surface area (Å²) in [6, 6.07) is 18.1. The third-order valence-corrected chi connectivity index (χ3v) is 7.42. The third-order valence-electron chi connectivity index (χ3n) is 6.07. The molecule has 0 atom stereocenters. The molecule has 38 heavy (non-hydrogen) atoms. The summed E-state index contributed by atoms with van der Waals surface area (Å²) < 4.78 is 48.2. The highest BCUT2D eigenvalue weighted by atomic mass is 32.2. The Balaban J connectivity index is 1.61. The Hall–Kier alpha value is -4.88. The first-order chi connectivity index (χ1) is 18.3. The molecule has 10 heteroatoms. The Kier molecular flexibility index (Phi) is 6.45. The van der Waals surface area contributed by atoms with Gasteiger partial charge < -0.3 is 4.74 Å². The number of aryl methyl sites for hydroxylation is 1. The highest BCUT2D eigenvalue weighted by Crippen LogP contribution is 2.39. The molecule has 5 rings (SSSR count). The maximum Gasteiger partial charge on any atom is 0.263 e. The summed E-state index contributed by atoms with van der Waals surface area (Å²) in [6.45, 7) is 1.67. The number of halogens is 1. The van der Waals surface area contributed by atoms with Gasteiger partial charge in [0.1, 0.15) is 23.7 Å². The zero-order chi connectivity index (χ0) is 26.9. The first-order valence-corrected chi connectivity index (χ1v) is 12.9. The van der Waals surface area contributed by atoms with Crippen molar-refractivity contribution in [2.75, 3.05) is 11.8 Å².